The fourth-order valence-corrected chi connectivity index (χ4v) is 6.49. The molecule has 6 nitrogen and oxygen atoms in total. The summed E-state index contributed by atoms with van der Waals surface area (Å²) in [5.74, 6) is 2.54. The van der Waals surface area contributed by atoms with Crippen molar-refractivity contribution in [3.05, 3.63) is 24.3 Å². The zero-order chi connectivity index (χ0) is 18.5. The van der Waals surface area contributed by atoms with E-state index in [1.807, 2.05) is 6.92 Å². The normalized spacial score (nSPS) is 33.8. The largest absolute Gasteiger partial charge is 0.331 e. The zero-order valence-corrected chi connectivity index (χ0v) is 16.0. The van der Waals surface area contributed by atoms with Crippen LogP contribution in [0.15, 0.2) is 29.2 Å². The van der Waals surface area contributed by atoms with Gasteiger partial charge in [-0.15, -0.1) is 0 Å². The second kappa shape index (κ2) is 6.32. The molecule has 7 heteroatoms. The molecule has 0 heterocycles. The highest BCUT2D eigenvalue weighted by molar-refractivity contribution is 7.89. The van der Waals surface area contributed by atoms with Gasteiger partial charge in [-0.3, -0.25) is 4.79 Å². The molecule has 0 unspecified atom stereocenters. The molecular weight excluding hydrogens is 350 g/mol. The van der Waals surface area contributed by atoms with E-state index >= 15 is 0 Å². The van der Waals surface area contributed by atoms with Crippen molar-refractivity contribution >= 4 is 21.6 Å². The molecule has 0 saturated heterocycles. The summed E-state index contributed by atoms with van der Waals surface area (Å²) in [6, 6.07) is 5.82. The number of amides is 1. The summed E-state index contributed by atoms with van der Waals surface area (Å²) in [5, 5.41) is 10.3. The van der Waals surface area contributed by atoms with E-state index in [1.165, 1.54) is 50.7 Å². The molecule has 1 atom stereocenters. The monoisotopic (exact) mass is 378 g/mol. The number of carbonyl (C=O) groups is 1. The molecule has 1 aromatic carbocycles. The third-order valence-electron chi connectivity index (χ3n) is 6.55. The number of anilines is 1. The van der Waals surface area contributed by atoms with Crippen LogP contribution < -0.4 is 15.8 Å². The predicted molar refractivity (Wildman–Crippen MR) is 98.7 cm³/mol. The van der Waals surface area contributed by atoms with Gasteiger partial charge in [-0.25, -0.2) is 13.6 Å². The van der Waals surface area contributed by atoms with Crippen LogP contribution in [-0.2, 0) is 14.8 Å². The predicted octanol–water partition coefficient (Wildman–Crippen LogP) is 1.19. The first-order valence-electron chi connectivity index (χ1n) is 9.52. The second-order valence-corrected chi connectivity index (χ2v) is 10.4. The number of sulfonamides is 1. The molecule has 4 fully saturated rings. The Morgan fingerprint density at radius 1 is 1.12 bits per heavy atom. The third kappa shape index (κ3) is 3.52. The van der Waals surface area contributed by atoms with E-state index in [0.717, 1.165) is 17.8 Å². The Kier molecular flexibility index (Phi) is 4.36. The van der Waals surface area contributed by atoms with Crippen LogP contribution in [0.5, 0.6) is 0 Å². The third-order valence-corrected chi connectivity index (χ3v) is 7.48. The number of hydrogen-bond acceptors (Lipinski definition) is 3. The number of benzene rings is 1. The minimum absolute atomic E-state index is 0.0379. The van der Waals surface area contributed by atoms with Crippen LogP contribution in [0.25, 0.3) is 0 Å². The van der Waals surface area contributed by atoms with Crippen LogP contribution in [0, 0.1) is 17.8 Å². The Bertz CT molecular complexity index is 769. The van der Waals surface area contributed by atoms with Gasteiger partial charge in [-0.1, -0.05) is 0 Å². The number of rotatable bonds is 5. The molecule has 26 heavy (non-hydrogen) atoms. The lowest BCUT2D eigenvalue weighted by atomic mass is 9.53. The summed E-state index contributed by atoms with van der Waals surface area (Å²) in [6.07, 6.45) is 7.93. The van der Waals surface area contributed by atoms with Gasteiger partial charge in [0.15, 0.2) is 6.04 Å². The van der Waals surface area contributed by atoms with Gasteiger partial charge in [0.05, 0.1) is 10.4 Å². The van der Waals surface area contributed by atoms with Crippen molar-refractivity contribution in [1.29, 1.82) is 0 Å². The molecule has 4 bridgehead atoms. The van der Waals surface area contributed by atoms with Crippen molar-refractivity contribution in [1.82, 2.24) is 0 Å². The fraction of sp³-hybridized carbons (Fsp3) is 0.632. The van der Waals surface area contributed by atoms with Crippen molar-refractivity contribution in [2.75, 3.05) is 5.32 Å². The molecule has 0 radical (unpaired) electrons. The Morgan fingerprint density at radius 3 is 2.08 bits per heavy atom. The second-order valence-electron chi connectivity index (χ2n) is 8.79. The molecule has 0 spiro atoms. The summed E-state index contributed by atoms with van der Waals surface area (Å²) >= 11 is 0. The van der Waals surface area contributed by atoms with Crippen molar-refractivity contribution in [3.63, 3.8) is 0 Å². The van der Waals surface area contributed by atoms with Crippen LogP contribution in [0.3, 0.4) is 0 Å². The molecule has 4 saturated carbocycles. The molecule has 5 N–H and O–H groups in total. The summed E-state index contributed by atoms with van der Waals surface area (Å²) in [5.41, 5.74) is 0.844. The SMILES string of the molecule is C[C@H]([NH2+]C12CC3CC(CC(C3)C1)C2)C(=O)Nc1ccc(S(N)(=O)=O)cc1. The lowest BCUT2D eigenvalue weighted by molar-refractivity contribution is -0.754. The van der Waals surface area contributed by atoms with Gasteiger partial charge in [-0.05, 0) is 68.2 Å². The van der Waals surface area contributed by atoms with E-state index in [2.05, 4.69) is 10.6 Å². The van der Waals surface area contributed by atoms with E-state index in [0.29, 0.717) is 5.69 Å². The highest BCUT2D eigenvalue weighted by Gasteiger charge is 2.54. The van der Waals surface area contributed by atoms with Crippen LogP contribution in [-0.4, -0.2) is 25.9 Å². The fourth-order valence-electron chi connectivity index (χ4n) is 5.97. The number of nitrogens with two attached hydrogens (primary N) is 2. The van der Waals surface area contributed by atoms with Gasteiger partial charge < -0.3 is 10.6 Å². The minimum Gasteiger partial charge on any atom is -0.331 e. The van der Waals surface area contributed by atoms with Crippen molar-refractivity contribution in [2.24, 2.45) is 22.9 Å². The first-order chi connectivity index (χ1) is 12.2. The first-order valence-corrected chi connectivity index (χ1v) is 11.1. The van der Waals surface area contributed by atoms with Crippen molar-refractivity contribution < 1.29 is 18.5 Å². The maximum absolute atomic E-state index is 12.6. The van der Waals surface area contributed by atoms with Crippen LogP contribution >= 0.6 is 0 Å². The van der Waals surface area contributed by atoms with E-state index in [1.54, 1.807) is 12.1 Å². The standard InChI is InChI=1S/C19H27N3O3S/c1-12(18(23)21-16-2-4-17(5-3-16)26(20,24)25)22-19-9-13-6-14(10-19)8-15(7-13)11-19/h2-5,12-15,22H,6-11H2,1H3,(H,21,23)(H2,20,24,25)/p+1/t12-,13?,14?,15?,19?/m0/s1. The Morgan fingerprint density at radius 2 is 1.62 bits per heavy atom. The zero-order valence-electron chi connectivity index (χ0n) is 15.1. The number of nitrogens with one attached hydrogen (secondary N) is 1. The van der Waals surface area contributed by atoms with Gasteiger partial charge in [0.2, 0.25) is 10.0 Å². The van der Waals surface area contributed by atoms with Gasteiger partial charge >= 0.3 is 0 Å². The van der Waals surface area contributed by atoms with Gasteiger partial charge in [0, 0.05) is 24.9 Å². The molecule has 5 rings (SSSR count). The Labute approximate surface area is 155 Å². The lowest BCUT2D eigenvalue weighted by Crippen LogP contribution is -3.03. The molecule has 1 aromatic rings. The Hall–Kier alpha value is -1.44. The van der Waals surface area contributed by atoms with E-state index in [9.17, 15) is 13.2 Å². The smallest absolute Gasteiger partial charge is 0.282 e. The maximum Gasteiger partial charge on any atom is 0.282 e. The molecular formula is C19H28N3O3S+. The number of carbonyl (C=O) groups excluding carboxylic acids is 1. The average molecular weight is 379 g/mol. The van der Waals surface area contributed by atoms with Gasteiger partial charge in [0.1, 0.15) is 0 Å². The molecule has 4 aliphatic carbocycles. The summed E-state index contributed by atoms with van der Waals surface area (Å²) in [4.78, 5) is 12.7. The Balaban J connectivity index is 1.39. The van der Waals surface area contributed by atoms with Crippen LogP contribution in [0.1, 0.15) is 45.4 Å². The highest BCUT2D eigenvalue weighted by Crippen LogP contribution is 2.54. The first kappa shape index (κ1) is 17.9. The lowest BCUT2D eigenvalue weighted by Gasteiger charge is -2.55. The van der Waals surface area contributed by atoms with E-state index in [4.69, 9.17) is 5.14 Å². The summed E-state index contributed by atoms with van der Waals surface area (Å²) in [6.45, 7) is 1.96. The van der Waals surface area contributed by atoms with Crippen molar-refractivity contribution in [2.45, 2.75) is 61.9 Å². The van der Waals surface area contributed by atoms with Gasteiger partial charge in [0.25, 0.3) is 5.91 Å². The number of hydrogen-bond donors (Lipinski definition) is 3. The van der Waals surface area contributed by atoms with Crippen LogP contribution in [0.4, 0.5) is 5.69 Å². The van der Waals surface area contributed by atoms with E-state index < -0.39 is 10.0 Å². The topological polar surface area (TPSA) is 106 Å². The molecule has 1 amide bonds. The van der Waals surface area contributed by atoms with Crippen molar-refractivity contribution in [3.8, 4) is 0 Å². The molecule has 0 aliphatic heterocycles. The van der Waals surface area contributed by atoms with Gasteiger partial charge in [-0.2, -0.15) is 0 Å². The quantitative estimate of drug-likeness (QED) is 0.716. The average Bonchev–Trinajstić information content (AvgIpc) is 2.52. The number of quaternary nitrogens is 1. The maximum atomic E-state index is 12.6. The summed E-state index contributed by atoms with van der Waals surface area (Å²) < 4.78 is 22.6. The minimum atomic E-state index is -3.71. The van der Waals surface area contributed by atoms with Crippen LogP contribution in [0.2, 0.25) is 0 Å². The highest BCUT2D eigenvalue weighted by atomic mass is 32.2. The van der Waals surface area contributed by atoms with E-state index in [-0.39, 0.29) is 22.4 Å². The molecule has 4 aliphatic rings. The molecule has 142 valence electrons. The molecule has 0 aromatic heterocycles. The summed E-state index contributed by atoms with van der Waals surface area (Å²) in [7, 11) is -3.71. The number of primary sulfonamides is 1.